The van der Waals surface area contributed by atoms with Crippen LogP contribution in [0.25, 0.3) is 0 Å². The minimum absolute atomic E-state index is 0.187. The van der Waals surface area contributed by atoms with Gasteiger partial charge in [0.15, 0.2) is 0 Å². The van der Waals surface area contributed by atoms with Gasteiger partial charge in [-0.3, -0.25) is 0 Å². The van der Waals surface area contributed by atoms with Gasteiger partial charge in [0.25, 0.3) is 0 Å². The minimum atomic E-state index is -0.187. The fraction of sp³-hybridized carbons (Fsp3) is 0.250. The molecule has 1 atom stereocenters. The Labute approximate surface area is 132 Å². The molecule has 0 radical (unpaired) electrons. The summed E-state index contributed by atoms with van der Waals surface area (Å²) in [6, 6.07) is 15.3. The second-order valence-electron chi connectivity index (χ2n) is 4.55. The summed E-state index contributed by atoms with van der Waals surface area (Å²) in [5.74, 6) is 0.761. The highest BCUT2D eigenvalue weighted by Gasteiger charge is 2.10. The van der Waals surface area contributed by atoms with Gasteiger partial charge in [-0.05, 0) is 49.4 Å². The van der Waals surface area contributed by atoms with Crippen LogP contribution in [0, 0.1) is 5.82 Å². The highest BCUT2D eigenvalue weighted by molar-refractivity contribution is 9.10. The van der Waals surface area contributed by atoms with Crippen LogP contribution in [0.4, 0.5) is 4.39 Å². The molecule has 0 spiro atoms. The fourth-order valence-corrected chi connectivity index (χ4v) is 3.35. The highest BCUT2D eigenvalue weighted by atomic mass is 79.9. The van der Waals surface area contributed by atoms with E-state index in [0.717, 1.165) is 21.5 Å². The molecule has 0 heterocycles. The number of halogens is 2. The number of rotatable bonds is 6. The van der Waals surface area contributed by atoms with Gasteiger partial charge in [-0.1, -0.05) is 34.1 Å². The smallest absolute Gasteiger partial charge is 0.123 e. The van der Waals surface area contributed by atoms with Crippen molar-refractivity contribution in [2.45, 2.75) is 17.4 Å². The molecule has 4 heteroatoms. The van der Waals surface area contributed by atoms with Gasteiger partial charge in [-0.15, -0.1) is 11.8 Å². The zero-order valence-corrected chi connectivity index (χ0v) is 13.7. The molecule has 1 unspecified atom stereocenters. The summed E-state index contributed by atoms with van der Waals surface area (Å²) < 4.78 is 14.0. The van der Waals surface area contributed by atoms with Gasteiger partial charge >= 0.3 is 0 Å². The predicted octanol–water partition coefficient (Wildman–Crippen LogP) is 4.51. The average Bonchev–Trinajstić information content (AvgIpc) is 2.47. The Bertz CT molecular complexity index is 544. The second kappa shape index (κ2) is 7.81. The number of likely N-dealkylation sites (N-methyl/N-ethyl adjacent to an activating group) is 1. The molecule has 0 aliphatic carbocycles. The molecule has 0 saturated carbocycles. The maximum absolute atomic E-state index is 12.9. The summed E-state index contributed by atoms with van der Waals surface area (Å²) in [6.07, 6.45) is 0.964. The molecule has 1 N–H and O–H groups in total. The molecule has 0 aliphatic heterocycles. The van der Waals surface area contributed by atoms with Crippen molar-refractivity contribution in [1.82, 2.24) is 5.32 Å². The maximum atomic E-state index is 12.9. The largest absolute Gasteiger partial charge is 0.316 e. The summed E-state index contributed by atoms with van der Waals surface area (Å²) in [4.78, 5) is 1.10. The predicted molar refractivity (Wildman–Crippen MR) is 87.8 cm³/mol. The topological polar surface area (TPSA) is 12.0 Å². The Hall–Kier alpha value is -0.840. The quantitative estimate of drug-likeness (QED) is 0.766. The Morgan fingerprint density at radius 1 is 1.15 bits per heavy atom. The lowest BCUT2D eigenvalue weighted by atomic mass is 10.1. The molecule has 20 heavy (non-hydrogen) atoms. The fourth-order valence-electron chi connectivity index (χ4n) is 1.90. The molecule has 0 fully saturated rings. The number of hydrogen-bond acceptors (Lipinski definition) is 2. The lowest BCUT2D eigenvalue weighted by Gasteiger charge is -2.16. The van der Waals surface area contributed by atoms with E-state index in [1.807, 2.05) is 25.2 Å². The van der Waals surface area contributed by atoms with Gasteiger partial charge in [0.1, 0.15) is 5.82 Å². The van der Waals surface area contributed by atoms with Crippen molar-refractivity contribution in [3.63, 3.8) is 0 Å². The molecule has 106 valence electrons. The van der Waals surface area contributed by atoms with E-state index in [1.165, 1.54) is 17.7 Å². The molecular weight excluding hydrogens is 337 g/mol. The van der Waals surface area contributed by atoms with Crippen LogP contribution in [-0.4, -0.2) is 18.8 Å². The number of hydrogen-bond donors (Lipinski definition) is 1. The zero-order valence-electron chi connectivity index (χ0n) is 11.3. The number of nitrogens with one attached hydrogen (secondary N) is 1. The SMILES string of the molecule is CNC(CSc1ccc(F)cc1)Cc1ccccc1Br. The van der Waals surface area contributed by atoms with Crippen molar-refractivity contribution in [3.8, 4) is 0 Å². The van der Waals surface area contributed by atoms with Crippen molar-refractivity contribution in [3.05, 3.63) is 64.4 Å². The van der Waals surface area contributed by atoms with E-state index in [4.69, 9.17) is 0 Å². The van der Waals surface area contributed by atoms with Gasteiger partial charge in [0.2, 0.25) is 0 Å². The van der Waals surface area contributed by atoms with Gasteiger partial charge in [0, 0.05) is 21.2 Å². The Morgan fingerprint density at radius 2 is 1.85 bits per heavy atom. The van der Waals surface area contributed by atoms with Crippen LogP contribution in [0.15, 0.2) is 57.9 Å². The van der Waals surface area contributed by atoms with E-state index in [9.17, 15) is 4.39 Å². The first-order valence-electron chi connectivity index (χ1n) is 6.48. The van der Waals surface area contributed by atoms with Crippen molar-refractivity contribution in [2.24, 2.45) is 0 Å². The highest BCUT2D eigenvalue weighted by Crippen LogP contribution is 2.22. The van der Waals surface area contributed by atoms with Crippen molar-refractivity contribution in [2.75, 3.05) is 12.8 Å². The van der Waals surface area contributed by atoms with Crippen LogP contribution in [-0.2, 0) is 6.42 Å². The molecule has 1 nitrogen and oxygen atoms in total. The molecule has 2 aromatic rings. The second-order valence-corrected chi connectivity index (χ2v) is 6.49. The van der Waals surface area contributed by atoms with E-state index < -0.39 is 0 Å². The third kappa shape index (κ3) is 4.62. The Morgan fingerprint density at radius 3 is 2.50 bits per heavy atom. The van der Waals surface area contributed by atoms with Crippen LogP contribution in [0.2, 0.25) is 0 Å². The maximum Gasteiger partial charge on any atom is 0.123 e. The first kappa shape index (κ1) is 15.5. The van der Waals surface area contributed by atoms with Crippen LogP contribution in [0.3, 0.4) is 0 Å². The standard InChI is InChI=1S/C16H17BrFNS/c1-19-14(10-12-4-2-3-5-16(12)17)11-20-15-8-6-13(18)7-9-15/h2-9,14,19H,10-11H2,1H3. The molecule has 0 bridgehead atoms. The van der Waals surface area contributed by atoms with Crippen LogP contribution in [0.1, 0.15) is 5.56 Å². The van der Waals surface area contributed by atoms with E-state index in [1.54, 1.807) is 11.8 Å². The van der Waals surface area contributed by atoms with Gasteiger partial charge in [-0.25, -0.2) is 4.39 Å². The lowest BCUT2D eigenvalue weighted by molar-refractivity contribution is 0.615. The summed E-state index contributed by atoms with van der Waals surface area (Å²) in [5.41, 5.74) is 1.30. The third-order valence-electron chi connectivity index (χ3n) is 3.10. The molecule has 0 aromatic heterocycles. The zero-order chi connectivity index (χ0) is 14.4. The molecule has 2 rings (SSSR count). The third-order valence-corrected chi connectivity index (χ3v) is 5.05. The summed E-state index contributed by atoms with van der Waals surface area (Å²) in [7, 11) is 1.98. The van der Waals surface area contributed by atoms with Crippen molar-refractivity contribution >= 4 is 27.7 Å². The molecule has 2 aromatic carbocycles. The van der Waals surface area contributed by atoms with Gasteiger partial charge in [-0.2, -0.15) is 0 Å². The summed E-state index contributed by atoms with van der Waals surface area (Å²) >= 11 is 5.32. The van der Waals surface area contributed by atoms with Gasteiger partial charge in [0.05, 0.1) is 0 Å². The van der Waals surface area contributed by atoms with E-state index in [2.05, 4.69) is 39.4 Å². The number of thioether (sulfide) groups is 1. The first-order valence-corrected chi connectivity index (χ1v) is 8.26. The molecular formula is C16H17BrFNS. The Balaban J connectivity index is 1.92. The minimum Gasteiger partial charge on any atom is -0.316 e. The van der Waals surface area contributed by atoms with Gasteiger partial charge < -0.3 is 5.32 Å². The normalized spacial score (nSPS) is 12.3. The summed E-state index contributed by atoms with van der Waals surface area (Å²) in [5, 5.41) is 3.34. The monoisotopic (exact) mass is 353 g/mol. The van der Waals surface area contributed by atoms with Crippen LogP contribution in [0.5, 0.6) is 0 Å². The average molecular weight is 354 g/mol. The van der Waals surface area contributed by atoms with Crippen LogP contribution < -0.4 is 5.32 Å². The summed E-state index contributed by atoms with van der Waals surface area (Å²) in [6.45, 7) is 0. The lowest BCUT2D eigenvalue weighted by Crippen LogP contribution is -2.30. The molecule has 0 saturated heterocycles. The van der Waals surface area contributed by atoms with E-state index in [-0.39, 0.29) is 5.82 Å². The Kier molecular flexibility index (Phi) is 6.07. The first-order chi connectivity index (χ1) is 9.69. The van der Waals surface area contributed by atoms with E-state index >= 15 is 0 Å². The van der Waals surface area contributed by atoms with Crippen molar-refractivity contribution in [1.29, 1.82) is 0 Å². The van der Waals surface area contributed by atoms with E-state index in [0.29, 0.717) is 6.04 Å². The molecule has 0 aliphatic rings. The van der Waals surface area contributed by atoms with Crippen molar-refractivity contribution < 1.29 is 4.39 Å². The molecule has 0 amide bonds. The number of benzene rings is 2. The van der Waals surface area contributed by atoms with Crippen LogP contribution >= 0.6 is 27.7 Å².